The van der Waals surface area contributed by atoms with E-state index in [1.165, 1.54) is 6.42 Å². The molecule has 0 aromatic heterocycles. The van der Waals surface area contributed by atoms with Crippen molar-refractivity contribution in [3.63, 3.8) is 0 Å². The zero-order valence-electron chi connectivity index (χ0n) is 13.0. The number of amides is 1. The van der Waals surface area contributed by atoms with Gasteiger partial charge in [0.2, 0.25) is 5.91 Å². The van der Waals surface area contributed by atoms with Crippen LogP contribution in [0.25, 0.3) is 0 Å². The van der Waals surface area contributed by atoms with Crippen LogP contribution in [0.5, 0.6) is 0 Å². The Bertz CT molecular complexity index is 344. The first-order chi connectivity index (χ1) is 9.32. The van der Waals surface area contributed by atoms with Crippen molar-refractivity contribution in [3.05, 3.63) is 0 Å². The Morgan fingerprint density at radius 2 is 1.90 bits per heavy atom. The molecule has 0 saturated heterocycles. The summed E-state index contributed by atoms with van der Waals surface area (Å²) in [6.07, 6.45) is 3.39. The van der Waals surface area contributed by atoms with Gasteiger partial charge in [-0.05, 0) is 24.2 Å². The second-order valence-electron chi connectivity index (χ2n) is 6.38. The molecule has 116 valence electrons. The molecule has 0 radical (unpaired) electrons. The summed E-state index contributed by atoms with van der Waals surface area (Å²) in [5, 5.41) is 14.9. The first kappa shape index (κ1) is 17.0. The second kappa shape index (κ2) is 7.62. The fourth-order valence-corrected chi connectivity index (χ4v) is 2.85. The average Bonchev–Trinajstić information content (AvgIpc) is 2.34. The molecule has 3 N–H and O–H groups in total. The Hall–Kier alpha value is -1.10. The lowest BCUT2D eigenvalue weighted by Gasteiger charge is -2.34. The van der Waals surface area contributed by atoms with E-state index in [4.69, 9.17) is 5.11 Å². The van der Waals surface area contributed by atoms with Crippen LogP contribution >= 0.6 is 0 Å². The maximum absolute atomic E-state index is 11.9. The minimum atomic E-state index is -0.910. The third-order valence-corrected chi connectivity index (χ3v) is 4.47. The molecule has 1 aliphatic carbocycles. The van der Waals surface area contributed by atoms with Crippen LogP contribution in [0.1, 0.15) is 47.0 Å². The van der Waals surface area contributed by atoms with Gasteiger partial charge in [0, 0.05) is 6.04 Å². The first-order valence-electron chi connectivity index (χ1n) is 7.58. The number of rotatable bonds is 6. The van der Waals surface area contributed by atoms with E-state index in [1.54, 1.807) is 0 Å². The number of hydrogen-bond donors (Lipinski definition) is 3. The van der Waals surface area contributed by atoms with Gasteiger partial charge in [-0.2, -0.15) is 0 Å². The van der Waals surface area contributed by atoms with E-state index in [2.05, 4.69) is 24.5 Å². The van der Waals surface area contributed by atoms with Gasteiger partial charge in [0.25, 0.3) is 0 Å². The molecule has 5 nitrogen and oxygen atoms in total. The summed E-state index contributed by atoms with van der Waals surface area (Å²) in [6, 6.07) is -0.459. The lowest BCUT2D eigenvalue weighted by Crippen LogP contribution is -2.50. The van der Waals surface area contributed by atoms with Gasteiger partial charge < -0.3 is 10.4 Å². The van der Waals surface area contributed by atoms with Crippen LogP contribution < -0.4 is 10.6 Å². The molecule has 1 saturated carbocycles. The van der Waals surface area contributed by atoms with Crippen LogP contribution in [0, 0.1) is 17.8 Å². The predicted molar refractivity (Wildman–Crippen MR) is 78.4 cm³/mol. The van der Waals surface area contributed by atoms with Gasteiger partial charge in [-0.1, -0.05) is 40.5 Å². The standard InChI is InChI=1S/C15H28N2O3/c1-9(2)14(15(19)20)16-8-13(18)17-12-7-5-6-10(3)11(12)4/h9-12,14,16H,5-8H2,1-4H3,(H,17,18)(H,19,20). The molecule has 4 atom stereocenters. The normalized spacial score (nSPS) is 28.1. The average molecular weight is 284 g/mol. The highest BCUT2D eigenvalue weighted by Gasteiger charge is 2.28. The minimum absolute atomic E-state index is 0.0473. The predicted octanol–water partition coefficient (Wildman–Crippen LogP) is 1.63. The van der Waals surface area contributed by atoms with Crippen LogP contribution in [-0.2, 0) is 9.59 Å². The topological polar surface area (TPSA) is 78.4 Å². The second-order valence-corrected chi connectivity index (χ2v) is 6.38. The monoisotopic (exact) mass is 284 g/mol. The third-order valence-electron chi connectivity index (χ3n) is 4.47. The Morgan fingerprint density at radius 1 is 1.25 bits per heavy atom. The summed E-state index contributed by atoms with van der Waals surface area (Å²) < 4.78 is 0. The fourth-order valence-electron chi connectivity index (χ4n) is 2.85. The molecular formula is C15H28N2O3. The highest BCUT2D eigenvalue weighted by molar-refractivity contribution is 5.80. The van der Waals surface area contributed by atoms with E-state index in [9.17, 15) is 9.59 Å². The molecule has 20 heavy (non-hydrogen) atoms. The number of carboxylic acid groups (broad SMARTS) is 1. The van der Waals surface area contributed by atoms with Crippen LogP contribution in [0.15, 0.2) is 0 Å². The lowest BCUT2D eigenvalue weighted by atomic mass is 9.78. The number of carboxylic acids is 1. The quantitative estimate of drug-likeness (QED) is 0.692. The van der Waals surface area contributed by atoms with E-state index in [1.807, 2.05) is 13.8 Å². The fraction of sp³-hybridized carbons (Fsp3) is 0.867. The van der Waals surface area contributed by atoms with Gasteiger partial charge in [-0.3, -0.25) is 14.9 Å². The summed E-state index contributed by atoms with van der Waals surface area (Å²) >= 11 is 0. The molecule has 1 rings (SSSR count). The van der Waals surface area contributed by atoms with E-state index >= 15 is 0 Å². The van der Waals surface area contributed by atoms with Crippen molar-refractivity contribution in [2.24, 2.45) is 17.8 Å². The Kier molecular flexibility index (Phi) is 6.46. The number of hydrogen-bond acceptors (Lipinski definition) is 3. The highest BCUT2D eigenvalue weighted by Crippen LogP contribution is 2.29. The number of aliphatic carboxylic acids is 1. The van der Waals surface area contributed by atoms with E-state index in [0.717, 1.165) is 12.8 Å². The van der Waals surface area contributed by atoms with Gasteiger partial charge >= 0.3 is 5.97 Å². The van der Waals surface area contributed by atoms with Crippen molar-refractivity contribution in [1.82, 2.24) is 10.6 Å². The molecule has 1 aliphatic rings. The van der Waals surface area contributed by atoms with Crippen molar-refractivity contribution in [2.75, 3.05) is 6.54 Å². The molecule has 1 amide bonds. The Labute approximate surface area is 121 Å². The molecule has 5 heteroatoms. The summed E-state index contributed by atoms with van der Waals surface area (Å²) in [5.41, 5.74) is 0. The van der Waals surface area contributed by atoms with Crippen LogP contribution in [0.2, 0.25) is 0 Å². The molecule has 0 bridgehead atoms. The molecule has 0 aromatic carbocycles. The Morgan fingerprint density at radius 3 is 2.45 bits per heavy atom. The SMILES string of the molecule is CC(C)C(NCC(=O)NC1CCCC(C)C1C)C(=O)O. The molecule has 4 unspecified atom stereocenters. The molecule has 0 spiro atoms. The van der Waals surface area contributed by atoms with E-state index in [-0.39, 0.29) is 24.4 Å². The Balaban J connectivity index is 2.41. The van der Waals surface area contributed by atoms with E-state index < -0.39 is 12.0 Å². The van der Waals surface area contributed by atoms with Crippen LogP contribution in [0.3, 0.4) is 0 Å². The van der Waals surface area contributed by atoms with E-state index in [0.29, 0.717) is 11.8 Å². The van der Waals surface area contributed by atoms with Crippen LogP contribution in [0.4, 0.5) is 0 Å². The maximum Gasteiger partial charge on any atom is 0.320 e. The van der Waals surface area contributed by atoms with Crippen LogP contribution in [-0.4, -0.2) is 35.6 Å². The lowest BCUT2D eigenvalue weighted by molar-refractivity contribution is -0.140. The van der Waals surface area contributed by atoms with Crippen molar-refractivity contribution in [3.8, 4) is 0 Å². The third kappa shape index (κ3) is 4.78. The largest absolute Gasteiger partial charge is 0.480 e. The van der Waals surface area contributed by atoms with Gasteiger partial charge in [-0.25, -0.2) is 0 Å². The summed E-state index contributed by atoms with van der Waals surface area (Å²) in [4.78, 5) is 23.0. The molecule has 0 aromatic rings. The zero-order valence-corrected chi connectivity index (χ0v) is 13.0. The molecular weight excluding hydrogens is 256 g/mol. The molecule has 1 fully saturated rings. The summed E-state index contributed by atoms with van der Waals surface area (Å²) in [5.74, 6) is 0.0433. The smallest absolute Gasteiger partial charge is 0.320 e. The van der Waals surface area contributed by atoms with Gasteiger partial charge in [0.1, 0.15) is 6.04 Å². The summed E-state index contributed by atoms with van der Waals surface area (Å²) in [7, 11) is 0. The van der Waals surface area contributed by atoms with Crippen molar-refractivity contribution < 1.29 is 14.7 Å². The number of nitrogens with one attached hydrogen (secondary N) is 2. The van der Waals surface area contributed by atoms with Crippen molar-refractivity contribution in [1.29, 1.82) is 0 Å². The zero-order chi connectivity index (χ0) is 15.3. The maximum atomic E-state index is 11.9. The summed E-state index contributed by atoms with van der Waals surface area (Å²) in [6.45, 7) is 8.12. The van der Waals surface area contributed by atoms with Gasteiger partial charge in [-0.15, -0.1) is 0 Å². The van der Waals surface area contributed by atoms with Gasteiger partial charge in [0.05, 0.1) is 6.54 Å². The van der Waals surface area contributed by atoms with Crippen molar-refractivity contribution in [2.45, 2.75) is 59.0 Å². The highest BCUT2D eigenvalue weighted by atomic mass is 16.4. The molecule has 0 heterocycles. The van der Waals surface area contributed by atoms with Gasteiger partial charge in [0.15, 0.2) is 0 Å². The minimum Gasteiger partial charge on any atom is -0.480 e. The number of carbonyl (C=O) groups is 2. The first-order valence-corrected chi connectivity index (χ1v) is 7.58. The molecule has 0 aliphatic heterocycles. The number of carbonyl (C=O) groups excluding carboxylic acids is 1. The van der Waals surface area contributed by atoms with Crippen molar-refractivity contribution >= 4 is 11.9 Å².